The Kier molecular flexibility index (Phi) is 10.1. The van der Waals surface area contributed by atoms with E-state index in [1.54, 1.807) is 0 Å². The Morgan fingerprint density at radius 3 is 2.70 bits per heavy atom. The average Bonchev–Trinajstić information content (AvgIpc) is 3.17. The van der Waals surface area contributed by atoms with E-state index in [1.807, 2.05) is 52.8 Å². The Labute approximate surface area is 169 Å². The van der Waals surface area contributed by atoms with E-state index in [1.165, 1.54) is 18.6 Å². The molecule has 0 aliphatic carbocycles. The van der Waals surface area contributed by atoms with Crippen molar-refractivity contribution in [2.75, 3.05) is 17.7 Å². The average molecular weight is 412 g/mol. The summed E-state index contributed by atoms with van der Waals surface area (Å²) < 4.78 is 5.37. The fourth-order valence-corrected chi connectivity index (χ4v) is 5.89. The summed E-state index contributed by atoms with van der Waals surface area (Å²) in [5.41, 5.74) is 1.62. The summed E-state index contributed by atoms with van der Waals surface area (Å²) >= 11 is 0. The first-order chi connectivity index (χ1) is 13.1. The number of carbonyl (C=O) groups is 2. The van der Waals surface area contributed by atoms with Gasteiger partial charge in [0.2, 0.25) is 5.91 Å². The Morgan fingerprint density at radius 1 is 1.30 bits per heavy atom. The molecule has 1 aromatic carbocycles. The molecule has 1 aromatic rings. The van der Waals surface area contributed by atoms with Gasteiger partial charge in [0.05, 0.1) is 0 Å². The lowest BCUT2D eigenvalue weighted by atomic mass is 10.1. The molecule has 0 spiro atoms. The number of rotatable bonds is 12. The molecular formula is C20H29NO4S2. The van der Waals surface area contributed by atoms with Gasteiger partial charge in [0.15, 0.2) is 6.10 Å². The van der Waals surface area contributed by atoms with Gasteiger partial charge in [-0.1, -0.05) is 47.1 Å². The molecular weight excluding hydrogens is 382 g/mol. The topological polar surface area (TPSA) is 75.6 Å². The maximum absolute atomic E-state index is 12.1. The van der Waals surface area contributed by atoms with E-state index in [0.29, 0.717) is 19.4 Å². The molecule has 1 fully saturated rings. The van der Waals surface area contributed by atoms with Crippen molar-refractivity contribution in [2.24, 2.45) is 0 Å². The van der Waals surface area contributed by atoms with Crippen LogP contribution >= 0.6 is 21.6 Å². The SMILES string of the molecule is CCCO[C@@H](Cc1ccc(NC(=O)CCCC[C@@H]2CCSS2)cc1)C(=O)O. The summed E-state index contributed by atoms with van der Waals surface area (Å²) in [7, 11) is 3.94. The van der Waals surface area contributed by atoms with Crippen molar-refractivity contribution in [1.29, 1.82) is 0 Å². The molecule has 27 heavy (non-hydrogen) atoms. The molecule has 0 aromatic heterocycles. The molecule has 150 valence electrons. The maximum atomic E-state index is 12.1. The third-order valence-corrected chi connectivity index (χ3v) is 7.37. The van der Waals surface area contributed by atoms with Crippen molar-refractivity contribution in [3.63, 3.8) is 0 Å². The molecule has 1 saturated heterocycles. The van der Waals surface area contributed by atoms with Crippen LogP contribution in [-0.2, 0) is 20.7 Å². The standard InChI is InChI=1S/C20H29NO4S2/c1-2-12-25-18(20(23)24)14-15-7-9-16(10-8-15)21-19(22)6-4-3-5-17-11-13-26-27-17/h7-10,17-18H,2-6,11-14H2,1H3,(H,21,22)(H,23,24)/t17-,18+/m1/s1. The molecule has 0 bridgehead atoms. The third kappa shape index (κ3) is 8.58. The zero-order valence-corrected chi connectivity index (χ0v) is 17.4. The summed E-state index contributed by atoms with van der Waals surface area (Å²) in [6.45, 7) is 2.38. The van der Waals surface area contributed by atoms with Crippen LogP contribution in [0.5, 0.6) is 0 Å². The van der Waals surface area contributed by atoms with Gasteiger partial charge in [-0.25, -0.2) is 4.79 Å². The van der Waals surface area contributed by atoms with Crippen LogP contribution in [0.2, 0.25) is 0 Å². The van der Waals surface area contributed by atoms with Gasteiger partial charge in [-0.15, -0.1) is 0 Å². The second-order valence-electron chi connectivity index (χ2n) is 6.72. The van der Waals surface area contributed by atoms with Crippen LogP contribution in [0.3, 0.4) is 0 Å². The summed E-state index contributed by atoms with van der Waals surface area (Å²) in [5, 5.41) is 12.9. The number of benzene rings is 1. The van der Waals surface area contributed by atoms with E-state index in [-0.39, 0.29) is 5.91 Å². The van der Waals surface area contributed by atoms with E-state index in [0.717, 1.165) is 35.8 Å². The van der Waals surface area contributed by atoms with Crippen molar-refractivity contribution in [1.82, 2.24) is 0 Å². The molecule has 0 radical (unpaired) electrons. The molecule has 7 heteroatoms. The van der Waals surface area contributed by atoms with Crippen molar-refractivity contribution in [3.05, 3.63) is 29.8 Å². The number of amides is 1. The van der Waals surface area contributed by atoms with E-state index < -0.39 is 12.1 Å². The molecule has 1 amide bonds. The van der Waals surface area contributed by atoms with E-state index in [9.17, 15) is 14.7 Å². The highest BCUT2D eigenvalue weighted by atomic mass is 33.1. The highest BCUT2D eigenvalue weighted by molar-refractivity contribution is 8.77. The molecule has 2 N–H and O–H groups in total. The van der Waals surface area contributed by atoms with Gasteiger partial charge in [-0.3, -0.25) is 4.79 Å². The number of aliphatic carboxylic acids is 1. The molecule has 0 saturated carbocycles. The fourth-order valence-electron chi connectivity index (χ4n) is 2.86. The number of carboxylic acids is 1. The number of unbranched alkanes of at least 4 members (excludes halogenated alkanes) is 1. The van der Waals surface area contributed by atoms with Crippen LogP contribution in [0.25, 0.3) is 0 Å². The smallest absolute Gasteiger partial charge is 0.333 e. The largest absolute Gasteiger partial charge is 0.479 e. The van der Waals surface area contributed by atoms with Crippen molar-refractivity contribution in [3.8, 4) is 0 Å². The number of carboxylic acid groups (broad SMARTS) is 1. The van der Waals surface area contributed by atoms with Crippen LogP contribution in [0.4, 0.5) is 5.69 Å². The van der Waals surface area contributed by atoms with Crippen LogP contribution in [0.1, 0.15) is 51.0 Å². The number of carbonyl (C=O) groups excluding carboxylic acids is 1. The summed E-state index contributed by atoms with van der Waals surface area (Å²) in [6.07, 6.45) is 5.32. The van der Waals surface area contributed by atoms with Crippen molar-refractivity contribution >= 4 is 39.2 Å². The molecule has 1 heterocycles. The minimum absolute atomic E-state index is 0.0332. The Balaban J connectivity index is 1.70. The highest BCUT2D eigenvalue weighted by Gasteiger charge is 2.18. The zero-order valence-electron chi connectivity index (χ0n) is 15.8. The maximum Gasteiger partial charge on any atom is 0.333 e. The minimum atomic E-state index is -0.949. The first-order valence-corrected chi connectivity index (χ1v) is 12.0. The third-order valence-electron chi connectivity index (χ3n) is 4.36. The molecule has 1 aliphatic rings. The Bertz CT molecular complexity index is 588. The van der Waals surface area contributed by atoms with Crippen LogP contribution in [-0.4, -0.2) is 40.7 Å². The molecule has 5 nitrogen and oxygen atoms in total. The second kappa shape index (κ2) is 12.3. The number of ether oxygens (including phenoxy) is 1. The number of anilines is 1. The predicted molar refractivity (Wildman–Crippen MR) is 113 cm³/mol. The van der Waals surface area contributed by atoms with Crippen molar-refractivity contribution in [2.45, 2.75) is 63.2 Å². The van der Waals surface area contributed by atoms with Crippen LogP contribution in [0.15, 0.2) is 24.3 Å². The first-order valence-electron chi connectivity index (χ1n) is 9.60. The monoisotopic (exact) mass is 411 g/mol. The highest BCUT2D eigenvalue weighted by Crippen LogP contribution is 2.39. The van der Waals surface area contributed by atoms with E-state index in [4.69, 9.17) is 4.74 Å². The minimum Gasteiger partial charge on any atom is -0.479 e. The van der Waals surface area contributed by atoms with Gasteiger partial charge in [-0.05, 0) is 43.4 Å². The van der Waals surface area contributed by atoms with Crippen LogP contribution < -0.4 is 5.32 Å². The van der Waals surface area contributed by atoms with E-state index in [2.05, 4.69) is 5.32 Å². The van der Waals surface area contributed by atoms with Gasteiger partial charge in [0, 0.05) is 36.1 Å². The van der Waals surface area contributed by atoms with Crippen LogP contribution in [0, 0.1) is 0 Å². The van der Waals surface area contributed by atoms with E-state index >= 15 is 0 Å². The summed E-state index contributed by atoms with van der Waals surface area (Å²) in [6, 6.07) is 7.32. The normalized spacial score (nSPS) is 17.6. The summed E-state index contributed by atoms with van der Waals surface area (Å²) in [4.78, 5) is 23.3. The first kappa shape index (κ1) is 22.1. The molecule has 2 atom stereocenters. The van der Waals surface area contributed by atoms with Gasteiger partial charge < -0.3 is 15.2 Å². The summed E-state index contributed by atoms with van der Waals surface area (Å²) in [5.74, 6) is 0.338. The van der Waals surface area contributed by atoms with Gasteiger partial charge in [0.1, 0.15) is 0 Å². The van der Waals surface area contributed by atoms with Gasteiger partial charge in [0.25, 0.3) is 0 Å². The Hall–Kier alpha value is -1.18. The lowest BCUT2D eigenvalue weighted by Crippen LogP contribution is -2.26. The lowest BCUT2D eigenvalue weighted by molar-refractivity contribution is -0.150. The lowest BCUT2D eigenvalue weighted by Gasteiger charge is -2.13. The van der Waals surface area contributed by atoms with Gasteiger partial charge >= 0.3 is 5.97 Å². The second-order valence-corrected chi connectivity index (χ2v) is 9.51. The van der Waals surface area contributed by atoms with Crippen molar-refractivity contribution < 1.29 is 19.4 Å². The fraction of sp³-hybridized carbons (Fsp3) is 0.600. The molecule has 0 unspecified atom stereocenters. The quantitative estimate of drug-likeness (QED) is 0.381. The molecule has 1 aliphatic heterocycles. The zero-order chi connectivity index (χ0) is 19.5. The molecule has 2 rings (SSSR count). The Morgan fingerprint density at radius 2 is 2.07 bits per heavy atom. The number of hydrogen-bond donors (Lipinski definition) is 2. The van der Waals surface area contributed by atoms with Gasteiger partial charge in [-0.2, -0.15) is 0 Å². The number of hydrogen-bond acceptors (Lipinski definition) is 5. The number of nitrogens with one attached hydrogen (secondary N) is 1. The predicted octanol–water partition coefficient (Wildman–Crippen LogP) is 4.76.